The molecule has 1 aromatic carbocycles. The molecule has 0 fully saturated rings. The Morgan fingerprint density at radius 3 is 2.16 bits per heavy atom. The summed E-state index contributed by atoms with van der Waals surface area (Å²) >= 11 is 2.91. The Hall–Kier alpha value is -1.05. The van der Waals surface area contributed by atoms with Crippen LogP contribution in [0.1, 0.15) is 23.7 Å². The van der Waals surface area contributed by atoms with E-state index in [-0.39, 0.29) is 10.9 Å². The van der Waals surface area contributed by atoms with Crippen LogP contribution in [0.2, 0.25) is 0 Å². The molecule has 0 spiro atoms. The summed E-state index contributed by atoms with van der Waals surface area (Å²) in [6, 6.07) is 1.92. The molecular formula is C12H14BrF2NO3. The van der Waals surface area contributed by atoms with Crippen LogP contribution in [0.3, 0.4) is 0 Å². The molecule has 0 unspecified atom stereocenters. The molecule has 0 bridgehead atoms. The topological polar surface area (TPSA) is 69.6 Å². The van der Waals surface area contributed by atoms with Crippen molar-refractivity contribution in [3.8, 4) is 0 Å². The lowest BCUT2D eigenvalue weighted by Gasteiger charge is -2.29. The van der Waals surface area contributed by atoms with E-state index in [4.69, 9.17) is 0 Å². The summed E-state index contributed by atoms with van der Waals surface area (Å²) in [5.41, 5.74) is -2.05. The minimum Gasteiger partial charge on any atom is -0.394 e. The van der Waals surface area contributed by atoms with Crippen LogP contribution in [-0.4, -0.2) is 34.9 Å². The van der Waals surface area contributed by atoms with Crippen LogP contribution >= 0.6 is 15.9 Å². The molecule has 0 radical (unpaired) electrons. The first-order valence-electron chi connectivity index (χ1n) is 5.58. The van der Waals surface area contributed by atoms with Gasteiger partial charge in [0.05, 0.1) is 18.8 Å². The minimum absolute atomic E-state index is 0.171. The molecule has 7 heteroatoms. The Labute approximate surface area is 117 Å². The van der Waals surface area contributed by atoms with E-state index in [1.165, 1.54) is 0 Å². The van der Waals surface area contributed by atoms with E-state index in [9.17, 15) is 23.8 Å². The average molecular weight is 338 g/mol. The number of carbonyl (C=O) groups excluding carboxylic acids is 1. The third kappa shape index (κ3) is 3.49. The van der Waals surface area contributed by atoms with Gasteiger partial charge in [-0.2, -0.15) is 0 Å². The van der Waals surface area contributed by atoms with E-state index in [0.29, 0.717) is 0 Å². The fourth-order valence-electron chi connectivity index (χ4n) is 1.50. The monoisotopic (exact) mass is 337 g/mol. The van der Waals surface area contributed by atoms with Gasteiger partial charge in [0, 0.05) is 4.47 Å². The van der Waals surface area contributed by atoms with Gasteiger partial charge in [0.2, 0.25) is 0 Å². The van der Waals surface area contributed by atoms with Gasteiger partial charge in [-0.1, -0.05) is 22.9 Å². The lowest BCUT2D eigenvalue weighted by molar-refractivity contribution is 0.0646. The van der Waals surface area contributed by atoms with Crippen molar-refractivity contribution < 1.29 is 23.8 Å². The van der Waals surface area contributed by atoms with Crippen molar-refractivity contribution in [2.24, 2.45) is 0 Å². The number of aliphatic hydroxyl groups is 2. The first-order valence-corrected chi connectivity index (χ1v) is 6.37. The lowest BCUT2D eigenvalue weighted by atomic mass is 9.97. The van der Waals surface area contributed by atoms with Crippen molar-refractivity contribution in [2.75, 3.05) is 13.2 Å². The van der Waals surface area contributed by atoms with Crippen LogP contribution in [0, 0.1) is 11.6 Å². The zero-order valence-electron chi connectivity index (χ0n) is 10.2. The number of aliphatic hydroxyl groups excluding tert-OH is 2. The average Bonchev–Trinajstić information content (AvgIpc) is 2.35. The van der Waals surface area contributed by atoms with Crippen LogP contribution in [0.25, 0.3) is 0 Å². The second kappa shape index (κ2) is 6.40. The van der Waals surface area contributed by atoms with Crippen molar-refractivity contribution in [1.29, 1.82) is 0 Å². The summed E-state index contributed by atoms with van der Waals surface area (Å²) in [5, 5.41) is 20.6. The van der Waals surface area contributed by atoms with Crippen LogP contribution < -0.4 is 5.32 Å². The highest BCUT2D eigenvalue weighted by Gasteiger charge is 2.31. The molecule has 0 saturated carbocycles. The van der Waals surface area contributed by atoms with Crippen molar-refractivity contribution >= 4 is 21.8 Å². The van der Waals surface area contributed by atoms with Gasteiger partial charge in [-0.05, 0) is 18.6 Å². The second-order valence-electron chi connectivity index (χ2n) is 4.15. The molecule has 0 atom stereocenters. The van der Waals surface area contributed by atoms with Crippen molar-refractivity contribution in [3.05, 3.63) is 33.8 Å². The summed E-state index contributed by atoms with van der Waals surface area (Å²) in [4.78, 5) is 11.9. The summed E-state index contributed by atoms with van der Waals surface area (Å²) in [6.45, 7) is 0.554. The van der Waals surface area contributed by atoms with E-state index < -0.39 is 41.9 Å². The van der Waals surface area contributed by atoms with Gasteiger partial charge >= 0.3 is 0 Å². The lowest BCUT2D eigenvalue weighted by Crippen LogP contribution is -2.54. The molecule has 0 aliphatic rings. The number of benzene rings is 1. The maximum atomic E-state index is 13.6. The fourth-order valence-corrected chi connectivity index (χ4v) is 1.91. The second-order valence-corrected chi connectivity index (χ2v) is 5.06. The summed E-state index contributed by atoms with van der Waals surface area (Å²) in [7, 11) is 0. The molecule has 3 N–H and O–H groups in total. The zero-order valence-corrected chi connectivity index (χ0v) is 11.8. The maximum Gasteiger partial charge on any atom is 0.257 e. The zero-order chi connectivity index (χ0) is 14.6. The van der Waals surface area contributed by atoms with Crippen LogP contribution in [0.5, 0.6) is 0 Å². The molecule has 4 nitrogen and oxygen atoms in total. The normalized spacial score (nSPS) is 11.5. The summed E-state index contributed by atoms with van der Waals surface area (Å²) in [5.74, 6) is -3.07. The largest absolute Gasteiger partial charge is 0.394 e. The molecular weight excluding hydrogens is 324 g/mol. The van der Waals surface area contributed by atoms with E-state index >= 15 is 0 Å². The van der Waals surface area contributed by atoms with E-state index in [1.807, 2.05) is 0 Å². The van der Waals surface area contributed by atoms with Crippen LogP contribution in [-0.2, 0) is 0 Å². The quantitative estimate of drug-likeness (QED) is 0.764. The summed E-state index contributed by atoms with van der Waals surface area (Å²) in [6.07, 6.45) is 0.214. The highest BCUT2D eigenvalue weighted by Crippen LogP contribution is 2.20. The van der Waals surface area contributed by atoms with Gasteiger partial charge in [0.15, 0.2) is 0 Å². The van der Waals surface area contributed by atoms with Gasteiger partial charge in [-0.15, -0.1) is 0 Å². The van der Waals surface area contributed by atoms with Crippen LogP contribution in [0.15, 0.2) is 16.6 Å². The Morgan fingerprint density at radius 1 is 1.32 bits per heavy atom. The Bertz CT molecular complexity index is 447. The number of amides is 1. The number of carbonyl (C=O) groups is 1. The SMILES string of the molecule is CCC(CO)(CO)NC(=O)c1c(F)cc(Br)cc1F. The molecule has 0 aliphatic carbocycles. The number of hydrogen-bond donors (Lipinski definition) is 3. The Balaban J connectivity index is 3.08. The summed E-state index contributed by atoms with van der Waals surface area (Å²) < 4.78 is 27.4. The van der Waals surface area contributed by atoms with Gasteiger partial charge in [0.1, 0.15) is 17.2 Å². The number of hydrogen-bond acceptors (Lipinski definition) is 3. The van der Waals surface area contributed by atoms with Crippen molar-refractivity contribution in [2.45, 2.75) is 18.9 Å². The molecule has 0 aliphatic heterocycles. The van der Waals surface area contributed by atoms with Gasteiger partial charge < -0.3 is 15.5 Å². The third-order valence-electron chi connectivity index (χ3n) is 2.89. The first kappa shape index (κ1) is 16.0. The Kier molecular flexibility index (Phi) is 5.39. The minimum atomic E-state index is -1.30. The van der Waals surface area contributed by atoms with E-state index in [1.54, 1.807) is 6.92 Å². The highest BCUT2D eigenvalue weighted by molar-refractivity contribution is 9.10. The predicted molar refractivity (Wildman–Crippen MR) is 68.7 cm³/mol. The molecule has 106 valence electrons. The molecule has 1 aromatic rings. The van der Waals surface area contributed by atoms with Gasteiger partial charge in [-0.25, -0.2) is 8.78 Å². The Morgan fingerprint density at radius 2 is 1.79 bits per heavy atom. The fraction of sp³-hybridized carbons (Fsp3) is 0.417. The van der Waals surface area contributed by atoms with E-state index in [0.717, 1.165) is 12.1 Å². The predicted octanol–water partition coefficient (Wildman–Crippen LogP) is 1.59. The molecule has 1 amide bonds. The van der Waals surface area contributed by atoms with E-state index in [2.05, 4.69) is 21.2 Å². The van der Waals surface area contributed by atoms with Gasteiger partial charge in [-0.3, -0.25) is 4.79 Å². The number of nitrogens with one attached hydrogen (secondary N) is 1. The molecule has 19 heavy (non-hydrogen) atoms. The van der Waals surface area contributed by atoms with Gasteiger partial charge in [0.25, 0.3) is 5.91 Å². The molecule has 0 heterocycles. The number of halogens is 3. The molecule has 0 aromatic heterocycles. The highest BCUT2D eigenvalue weighted by atomic mass is 79.9. The first-order chi connectivity index (χ1) is 8.89. The maximum absolute atomic E-state index is 13.6. The smallest absolute Gasteiger partial charge is 0.257 e. The molecule has 1 rings (SSSR count). The van der Waals surface area contributed by atoms with Crippen molar-refractivity contribution in [3.63, 3.8) is 0 Å². The standard InChI is InChI=1S/C12H14BrF2NO3/c1-2-12(5-17,6-18)16-11(19)10-8(14)3-7(13)4-9(10)15/h3-4,17-18H,2,5-6H2,1H3,(H,16,19). The van der Waals surface area contributed by atoms with Crippen LogP contribution in [0.4, 0.5) is 8.78 Å². The third-order valence-corrected chi connectivity index (χ3v) is 3.35. The molecule has 0 saturated heterocycles. The van der Waals surface area contributed by atoms with Crippen molar-refractivity contribution in [1.82, 2.24) is 5.32 Å². The number of rotatable bonds is 5.